The zero-order valence-electron chi connectivity index (χ0n) is 10.7. The zero-order chi connectivity index (χ0) is 13.2. The molecule has 3 heterocycles. The Bertz CT molecular complexity index is 454. The highest BCUT2D eigenvalue weighted by atomic mass is 79.9. The van der Waals surface area contributed by atoms with Crippen molar-refractivity contribution in [3.8, 4) is 0 Å². The maximum atomic E-state index is 5.94. The molecule has 104 valence electrons. The highest BCUT2D eigenvalue weighted by molar-refractivity contribution is 9.10. The van der Waals surface area contributed by atoms with Crippen LogP contribution >= 0.6 is 27.5 Å². The van der Waals surface area contributed by atoms with Crippen molar-refractivity contribution < 1.29 is 4.74 Å². The Morgan fingerprint density at radius 2 is 2.11 bits per heavy atom. The van der Waals surface area contributed by atoms with E-state index in [0.717, 1.165) is 49.7 Å². The fourth-order valence-corrected chi connectivity index (χ4v) is 3.70. The Morgan fingerprint density at radius 3 is 2.84 bits per heavy atom. The summed E-state index contributed by atoms with van der Waals surface area (Å²) in [5.74, 6) is 1.00. The van der Waals surface area contributed by atoms with Gasteiger partial charge in [0.25, 0.3) is 0 Å². The van der Waals surface area contributed by atoms with Gasteiger partial charge in [0.1, 0.15) is 5.82 Å². The first-order valence-electron chi connectivity index (χ1n) is 6.62. The largest absolute Gasteiger partial charge is 0.379 e. The average Bonchev–Trinajstić information content (AvgIpc) is 2.89. The van der Waals surface area contributed by atoms with Crippen molar-refractivity contribution >= 4 is 33.3 Å². The molecule has 0 spiro atoms. The molecule has 6 heteroatoms. The third-order valence-electron chi connectivity index (χ3n) is 3.81. The zero-order valence-corrected chi connectivity index (χ0v) is 13.0. The molecule has 0 aromatic carbocycles. The van der Waals surface area contributed by atoms with Gasteiger partial charge in [0.2, 0.25) is 0 Å². The van der Waals surface area contributed by atoms with Crippen LogP contribution in [0.15, 0.2) is 16.7 Å². The van der Waals surface area contributed by atoms with Crippen molar-refractivity contribution in [3.63, 3.8) is 0 Å². The van der Waals surface area contributed by atoms with Crippen LogP contribution in [0.25, 0.3) is 0 Å². The van der Waals surface area contributed by atoms with Gasteiger partial charge in [0, 0.05) is 38.4 Å². The standard InChI is InChI=1S/C13H17BrClN3O/c14-12-7-10(15)8-16-13(12)18-2-1-11(9-18)17-3-5-19-6-4-17/h7-8,11H,1-6,9H2. The molecule has 1 atom stereocenters. The second-order valence-corrected chi connectivity index (χ2v) is 6.29. The number of hydrogen-bond donors (Lipinski definition) is 0. The van der Waals surface area contributed by atoms with Crippen LogP contribution in [0.4, 0.5) is 5.82 Å². The molecule has 2 fully saturated rings. The lowest BCUT2D eigenvalue weighted by atomic mass is 10.2. The van der Waals surface area contributed by atoms with Crippen LogP contribution in [-0.4, -0.2) is 55.3 Å². The van der Waals surface area contributed by atoms with Crippen LogP contribution in [0.2, 0.25) is 5.02 Å². The van der Waals surface area contributed by atoms with Crippen LogP contribution in [0.1, 0.15) is 6.42 Å². The first-order chi connectivity index (χ1) is 9.24. The van der Waals surface area contributed by atoms with E-state index in [4.69, 9.17) is 16.3 Å². The first-order valence-corrected chi connectivity index (χ1v) is 7.79. The maximum Gasteiger partial charge on any atom is 0.143 e. The summed E-state index contributed by atoms with van der Waals surface area (Å²) >= 11 is 9.49. The number of halogens is 2. The third-order valence-corrected chi connectivity index (χ3v) is 4.60. The molecular formula is C13H17BrClN3O. The minimum absolute atomic E-state index is 0.619. The molecule has 2 saturated heterocycles. The van der Waals surface area contributed by atoms with Crippen LogP contribution in [0.3, 0.4) is 0 Å². The minimum Gasteiger partial charge on any atom is -0.379 e. The summed E-state index contributed by atoms with van der Waals surface area (Å²) in [5, 5.41) is 0.666. The van der Waals surface area contributed by atoms with Gasteiger partial charge in [-0.25, -0.2) is 4.98 Å². The number of morpholine rings is 1. The lowest BCUT2D eigenvalue weighted by Gasteiger charge is -2.32. The minimum atomic E-state index is 0.619. The molecule has 4 nitrogen and oxygen atoms in total. The molecule has 0 amide bonds. The summed E-state index contributed by atoms with van der Waals surface area (Å²) in [6.45, 7) is 5.91. The molecule has 3 rings (SSSR count). The van der Waals surface area contributed by atoms with E-state index in [0.29, 0.717) is 11.1 Å². The lowest BCUT2D eigenvalue weighted by molar-refractivity contribution is 0.0209. The fraction of sp³-hybridized carbons (Fsp3) is 0.615. The van der Waals surface area contributed by atoms with E-state index in [1.165, 1.54) is 6.42 Å². The van der Waals surface area contributed by atoms with Gasteiger partial charge in [0.15, 0.2) is 0 Å². The van der Waals surface area contributed by atoms with E-state index in [9.17, 15) is 0 Å². The van der Waals surface area contributed by atoms with Crippen LogP contribution in [0.5, 0.6) is 0 Å². The van der Waals surface area contributed by atoms with Gasteiger partial charge in [-0.15, -0.1) is 0 Å². The normalized spacial score (nSPS) is 24.9. The van der Waals surface area contributed by atoms with Gasteiger partial charge in [0.05, 0.1) is 22.7 Å². The maximum absolute atomic E-state index is 5.94. The van der Waals surface area contributed by atoms with E-state index in [2.05, 4.69) is 30.7 Å². The van der Waals surface area contributed by atoms with Gasteiger partial charge in [-0.1, -0.05) is 11.6 Å². The molecule has 1 aromatic rings. The molecule has 2 aliphatic heterocycles. The van der Waals surface area contributed by atoms with Crippen molar-refractivity contribution in [2.75, 3.05) is 44.3 Å². The summed E-state index contributed by atoms with van der Waals surface area (Å²) in [6, 6.07) is 2.53. The molecule has 0 saturated carbocycles. The van der Waals surface area contributed by atoms with Crippen LogP contribution in [0, 0.1) is 0 Å². The van der Waals surface area contributed by atoms with E-state index in [-0.39, 0.29) is 0 Å². The summed E-state index contributed by atoms with van der Waals surface area (Å²) in [6.07, 6.45) is 2.90. The Labute approximate surface area is 126 Å². The molecule has 2 aliphatic rings. The number of ether oxygens (including phenoxy) is 1. The molecule has 19 heavy (non-hydrogen) atoms. The molecule has 0 bridgehead atoms. The van der Waals surface area contributed by atoms with Crippen molar-refractivity contribution in [1.82, 2.24) is 9.88 Å². The first kappa shape index (κ1) is 13.6. The monoisotopic (exact) mass is 345 g/mol. The van der Waals surface area contributed by atoms with Crippen molar-refractivity contribution in [2.45, 2.75) is 12.5 Å². The van der Waals surface area contributed by atoms with Crippen molar-refractivity contribution in [3.05, 3.63) is 21.8 Å². The van der Waals surface area contributed by atoms with Gasteiger partial charge >= 0.3 is 0 Å². The van der Waals surface area contributed by atoms with E-state index in [1.54, 1.807) is 6.20 Å². The summed E-state index contributed by atoms with van der Waals surface area (Å²) < 4.78 is 6.39. The van der Waals surface area contributed by atoms with Gasteiger partial charge < -0.3 is 9.64 Å². The average molecular weight is 347 g/mol. The summed E-state index contributed by atoms with van der Waals surface area (Å²) in [4.78, 5) is 9.31. The lowest BCUT2D eigenvalue weighted by Crippen LogP contribution is -2.44. The van der Waals surface area contributed by atoms with E-state index < -0.39 is 0 Å². The number of rotatable bonds is 2. The Balaban J connectivity index is 1.67. The molecule has 0 N–H and O–H groups in total. The predicted molar refractivity (Wildman–Crippen MR) is 80.0 cm³/mol. The van der Waals surface area contributed by atoms with E-state index >= 15 is 0 Å². The number of pyridine rings is 1. The van der Waals surface area contributed by atoms with Crippen LogP contribution in [-0.2, 0) is 4.74 Å². The highest BCUT2D eigenvalue weighted by Gasteiger charge is 2.30. The number of hydrogen-bond acceptors (Lipinski definition) is 4. The van der Waals surface area contributed by atoms with Crippen molar-refractivity contribution in [1.29, 1.82) is 0 Å². The number of nitrogens with zero attached hydrogens (tertiary/aromatic N) is 3. The Morgan fingerprint density at radius 1 is 1.32 bits per heavy atom. The van der Waals surface area contributed by atoms with Gasteiger partial charge in [-0.05, 0) is 28.4 Å². The predicted octanol–water partition coefficient (Wildman–Crippen LogP) is 2.41. The summed E-state index contributed by atoms with van der Waals surface area (Å²) in [7, 11) is 0. The smallest absolute Gasteiger partial charge is 0.143 e. The topological polar surface area (TPSA) is 28.6 Å². The highest BCUT2D eigenvalue weighted by Crippen LogP contribution is 2.30. The fourth-order valence-electron chi connectivity index (χ4n) is 2.81. The van der Waals surface area contributed by atoms with Crippen molar-refractivity contribution in [2.24, 2.45) is 0 Å². The van der Waals surface area contributed by atoms with Crippen LogP contribution < -0.4 is 4.90 Å². The molecule has 0 aliphatic carbocycles. The second-order valence-electron chi connectivity index (χ2n) is 5.00. The summed E-state index contributed by atoms with van der Waals surface area (Å²) in [5.41, 5.74) is 0. The SMILES string of the molecule is Clc1cnc(N2CCC(N3CCOCC3)C2)c(Br)c1. The number of anilines is 1. The van der Waals surface area contributed by atoms with E-state index in [1.807, 2.05) is 6.07 Å². The molecule has 1 aromatic heterocycles. The quantitative estimate of drug-likeness (QED) is 0.822. The second kappa shape index (κ2) is 5.95. The Kier molecular flexibility index (Phi) is 4.27. The third kappa shape index (κ3) is 3.05. The molecule has 1 unspecified atom stereocenters. The molecule has 0 radical (unpaired) electrons. The number of aromatic nitrogens is 1. The van der Waals surface area contributed by atoms with Gasteiger partial charge in [-0.3, -0.25) is 4.90 Å². The molecular weight excluding hydrogens is 330 g/mol. The Hall–Kier alpha value is -0.360. The van der Waals surface area contributed by atoms with Gasteiger partial charge in [-0.2, -0.15) is 0 Å².